The molecule has 0 amide bonds. The number of nitrogen functional groups attached to an aromatic ring is 1. The van der Waals surface area contributed by atoms with Crippen molar-refractivity contribution < 1.29 is 4.42 Å². The van der Waals surface area contributed by atoms with Crippen LogP contribution in [0.15, 0.2) is 10.5 Å². The first-order valence-electron chi connectivity index (χ1n) is 5.16. The Morgan fingerprint density at radius 1 is 1.33 bits per heavy atom. The van der Waals surface area contributed by atoms with Crippen molar-refractivity contribution in [1.29, 1.82) is 0 Å². The van der Waals surface area contributed by atoms with Gasteiger partial charge in [-0.3, -0.25) is 0 Å². The van der Waals surface area contributed by atoms with E-state index in [1.165, 1.54) is 0 Å². The van der Waals surface area contributed by atoms with Gasteiger partial charge in [-0.05, 0) is 25.5 Å². The van der Waals surface area contributed by atoms with E-state index in [4.69, 9.17) is 10.2 Å². The molecule has 0 unspecified atom stereocenters. The summed E-state index contributed by atoms with van der Waals surface area (Å²) in [6.45, 7) is 8.11. The highest BCUT2D eigenvalue weighted by molar-refractivity contribution is 5.84. The molecule has 0 spiro atoms. The highest BCUT2D eigenvalue weighted by atomic mass is 16.3. The van der Waals surface area contributed by atoms with Crippen molar-refractivity contribution in [1.82, 2.24) is 4.98 Å². The molecule has 0 atom stereocenters. The lowest BCUT2D eigenvalue weighted by Gasteiger charge is -2.01. The summed E-state index contributed by atoms with van der Waals surface area (Å²) >= 11 is 0. The van der Waals surface area contributed by atoms with Crippen molar-refractivity contribution in [2.45, 2.75) is 33.6 Å². The lowest BCUT2D eigenvalue weighted by atomic mass is 10.1. The van der Waals surface area contributed by atoms with Crippen LogP contribution in [0.5, 0.6) is 0 Å². The van der Waals surface area contributed by atoms with E-state index in [0.29, 0.717) is 5.92 Å². The van der Waals surface area contributed by atoms with Crippen LogP contribution in [0, 0.1) is 13.8 Å². The number of fused-ring (bicyclic) bond motifs is 1. The van der Waals surface area contributed by atoms with E-state index in [-0.39, 0.29) is 0 Å². The van der Waals surface area contributed by atoms with Gasteiger partial charge in [-0.15, -0.1) is 0 Å². The van der Waals surface area contributed by atoms with Gasteiger partial charge in [-0.1, -0.05) is 13.8 Å². The molecule has 0 aliphatic heterocycles. The molecule has 0 saturated carbocycles. The minimum absolute atomic E-state index is 0.303. The van der Waals surface area contributed by atoms with E-state index in [1.54, 1.807) is 0 Å². The fourth-order valence-corrected chi connectivity index (χ4v) is 1.65. The quantitative estimate of drug-likeness (QED) is 0.726. The third-order valence-corrected chi connectivity index (χ3v) is 2.66. The summed E-state index contributed by atoms with van der Waals surface area (Å²) in [6, 6.07) is 1.94. The van der Waals surface area contributed by atoms with Crippen LogP contribution in [-0.4, -0.2) is 4.98 Å². The van der Waals surface area contributed by atoms with Gasteiger partial charge in [0.2, 0.25) is 0 Å². The highest BCUT2D eigenvalue weighted by Gasteiger charge is 2.14. The summed E-state index contributed by atoms with van der Waals surface area (Å²) in [5.41, 5.74) is 10.5. The molecule has 3 heteroatoms. The molecule has 3 nitrogen and oxygen atoms in total. The van der Waals surface area contributed by atoms with E-state index < -0.39 is 0 Å². The molecule has 2 N–H and O–H groups in total. The van der Waals surface area contributed by atoms with Crippen molar-refractivity contribution >= 4 is 16.8 Å². The zero-order valence-electron chi connectivity index (χ0n) is 9.59. The molecule has 0 aliphatic rings. The Labute approximate surface area is 89.3 Å². The van der Waals surface area contributed by atoms with E-state index in [9.17, 15) is 0 Å². The van der Waals surface area contributed by atoms with Crippen LogP contribution in [0.1, 0.15) is 36.8 Å². The van der Waals surface area contributed by atoms with Crippen molar-refractivity contribution in [3.8, 4) is 0 Å². The number of nitrogens with zero attached hydrogens (tertiary/aromatic N) is 1. The molecule has 2 aromatic rings. The highest BCUT2D eigenvalue weighted by Crippen LogP contribution is 2.29. The number of hydrogen-bond donors (Lipinski definition) is 1. The van der Waals surface area contributed by atoms with Crippen LogP contribution < -0.4 is 5.73 Å². The van der Waals surface area contributed by atoms with E-state index in [2.05, 4.69) is 18.8 Å². The maximum atomic E-state index is 5.89. The molecule has 1 aromatic carbocycles. The Bertz CT molecular complexity index is 512. The largest absolute Gasteiger partial charge is 0.440 e. The Kier molecular flexibility index (Phi) is 2.18. The Balaban J connectivity index is 2.80. The number of nitrogens with two attached hydrogens (primary N) is 1. The smallest absolute Gasteiger partial charge is 0.198 e. The van der Waals surface area contributed by atoms with Crippen LogP contribution in [0.25, 0.3) is 11.1 Å². The van der Waals surface area contributed by atoms with Crippen LogP contribution in [0.3, 0.4) is 0 Å². The maximum absolute atomic E-state index is 5.89. The number of anilines is 1. The third kappa shape index (κ3) is 1.48. The second kappa shape index (κ2) is 3.26. The molecule has 1 heterocycles. The Hall–Kier alpha value is -1.51. The molecule has 1 aromatic heterocycles. The summed E-state index contributed by atoms with van der Waals surface area (Å²) in [5, 5.41) is 0. The third-order valence-electron chi connectivity index (χ3n) is 2.66. The predicted molar refractivity (Wildman–Crippen MR) is 62.0 cm³/mol. The number of benzene rings is 1. The fraction of sp³-hybridized carbons (Fsp3) is 0.417. The molecule has 0 bridgehead atoms. The van der Waals surface area contributed by atoms with Gasteiger partial charge in [0.25, 0.3) is 0 Å². The molecule has 0 fully saturated rings. The second-order valence-electron chi connectivity index (χ2n) is 4.29. The van der Waals surface area contributed by atoms with Gasteiger partial charge in [-0.25, -0.2) is 4.98 Å². The second-order valence-corrected chi connectivity index (χ2v) is 4.29. The minimum Gasteiger partial charge on any atom is -0.440 e. The number of aryl methyl sites for hydroxylation is 2. The van der Waals surface area contributed by atoms with Gasteiger partial charge in [0.05, 0.1) is 0 Å². The van der Waals surface area contributed by atoms with Crippen molar-refractivity contribution in [3.05, 3.63) is 23.1 Å². The molecular formula is C12H16N2O. The van der Waals surface area contributed by atoms with Crippen LogP contribution >= 0.6 is 0 Å². The van der Waals surface area contributed by atoms with E-state index in [1.807, 2.05) is 19.9 Å². The van der Waals surface area contributed by atoms with Crippen molar-refractivity contribution in [2.75, 3.05) is 5.73 Å². The van der Waals surface area contributed by atoms with Crippen LogP contribution in [0.2, 0.25) is 0 Å². The van der Waals surface area contributed by atoms with Gasteiger partial charge in [-0.2, -0.15) is 0 Å². The average molecular weight is 204 g/mol. The number of aromatic nitrogens is 1. The van der Waals surface area contributed by atoms with Crippen molar-refractivity contribution in [2.24, 2.45) is 0 Å². The zero-order valence-corrected chi connectivity index (χ0v) is 9.59. The van der Waals surface area contributed by atoms with Gasteiger partial charge in [0, 0.05) is 17.2 Å². The molecular weight excluding hydrogens is 188 g/mol. The first kappa shape index (κ1) is 10.0. The monoisotopic (exact) mass is 204 g/mol. The molecule has 2 rings (SSSR count). The number of hydrogen-bond acceptors (Lipinski definition) is 3. The van der Waals surface area contributed by atoms with Crippen LogP contribution in [0.4, 0.5) is 5.69 Å². The summed E-state index contributed by atoms with van der Waals surface area (Å²) in [5.74, 6) is 1.08. The first-order valence-corrected chi connectivity index (χ1v) is 5.16. The lowest BCUT2D eigenvalue weighted by molar-refractivity contribution is 0.500. The molecule has 15 heavy (non-hydrogen) atoms. The molecule has 0 aliphatic carbocycles. The molecule has 0 saturated heterocycles. The SMILES string of the molecule is Cc1c(N)cc(C)c2oc(C(C)C)nc12. The first-order chi connectivity index (χ1) is 7.00. The topological polar surface area (TPSA) is 52.0 Å². The van der Waals surface area contributed by atoms with Gasteiger partial charge in [0.15, 0.2) is 11.5 Å². The van der Waals surface area contributed by atoms with Gasteiger partial charge >= 0.3 is 0 Å². The van der Waals surface area contributed by atoms with E-state index in [0.717, 1.165) is 33.8 Å². The van der Waals surface area contributed by atoms with Gasteiger partial charge < -0.3 is 10.2 Å². The summed E-state index contributed by atoms with van der Waals surface area (Å²) in [6.07, 6.45) is 0. The van der Waals surface area contributed by atoms with E-state index >= 15 is 0 Å². The molecule has 80 valence electrons. The predicted octanol–water partition coefficient (Wildman–Crippen LogP) is 3.15. The fourth-order valence-electron chi connectivity index (χ4n) is 1.65. The summed E-state index contributed by atoms with van der Waals surface area (Å²) in [4.78, 5) is 4.49. The Morgan fingerprint density at radius 2 is 2.00 bits per heavy atom. The lowest BCUT2D eigenvalue weighted by Crippen LogP contribution is -1.92. The molecule has 0 radical (unpaired) electrons. The minimum atomic E-state index is 0.303. The summed E-state index contributed by atoms with van der Waals surface area (Å²) < 4.78 is 5.73. The summed E-state index contributed by atoms with van der Waals surface area (Å²) in [7, 11) is 0. The zero-order chi connectivity index (χ0) is 11.2. The number of oxazole rings is 1. The standard InChI is InChI=1S/C12H16N2O/c1-6(2)12-14-10-8(4)9(13)5-7(3)11(10)15-12/h5-6H,13H2,1-4H3. The van der Waals surface area contributed by atoms with Crippen molar-refractivity contribution in [3.63, 3.8) is 0 Å². The maximum Gasteiger partial charge on any atom is 0.198 e. The number of rotatable bonds is 1. The normalized spacial score (nSPS) is 11.5. The Morgan fingerprint density at radius 3 is 2.60 bits per heavy atom. The van der Waals surface area contributed by atoms with Gasteiger partial charge in [0.1, 0.15) is 5.52 Å². The van der Waals surface area contributed by atoms with Crippen LogP contribution in [-0.2, 0) is 0 Å². The average Bonchev–Trinajstić information content (AvgIpc) is 2.59.